The van der Waals surface area contributed by atoms with E-state index in [9.17, 15) is 23.1 Å². The molecule has 12 nitrogen and oxygen atoms in total. The van der Waals surface area contributed by atoms with Crippen molar-refractivity contribution in [1.29, 1.82) is 0 Å². The number of aliphatic imine (C=N–C) groups is 1. The lowest BCUT2D eigenvalue weighted by atomic mass is 10.0. The number of carboxylic acids is 1. The molecule has 0 saturated heterocycles. The largest absolute Gasteiger partial charge is 0.479 e. The highest BCUT2D eigenvalue weighted by Crippen LogP contribution is 2.31. The number of hydrogen-bond donors (Lipinski definition) is 5. The molecule has 1 aliphatic heterocycles. The van der Waals surface area contributed by atoms with E-state index in [4.69, 9.17) is 11.5 Å². The third-order valence-corrected chi connectivity index (χ3v) is 9.14. The number of nitrogens with one attached hydrogen (secondary N) is 2. The number of unbranched alkanes of at least 4 members (excludes halogenated alkanes) is 1. The maximum absolute atomic E-state index is 13.7. The van der Waals surface area contributed by atoms with Gasteiger partial charge >= 0.3 is 5.97 Å². The molecular weight excluding hydrogens is 506 g/mol. The Morgan fingerprint density at radius 3 is 2.44 bits per heavy atom. The van der Waals surface area contributed by atoms with Crippen LogP contribution in [-0.4, -0.2) is 72.0 Å². The summed E-state index contributed by atoms with van der Waals surface area (Å²) in [6.45, 7) is 7.20. The number of hydrogen-bond acceptors (Lipinski definition) is 12. The minimum absolute atomic E-state index is 0.174. The Morgan fingerprint density at radius 1 is 1.19 bits per heavy atom. The van der Waals surface area contributed by atoms with Gasteiger partial charge < -0.3 is 27.2 Å². The zero-order valence-corrected chi connectivity index (χ0v) is 22.0. The molecule has 2 heterocycles. The molecule has 0 fully saturated rings. The van der Waals surface area contributed by atoms with Crippen molar-refractivity contribution in [3.63, 3.8) is 0 Å². The van der Waals surface area contributed by atoms with Gasteiger partial charge in [0.15, 0.2) is 31.7 Å². The van der Waals surface area contributed by atoms with Crippen molar-refractivity contribution in [3.8, 4) is 0 Å². The SMILES string of the molecule is Cc1cc(C)c(S(=O)(=O)C(C(=O)c2nnc(CCCCNC3=NCCN3)s2)C(N)(N)C(=O)O)c(C)c1. The zero-order chi connectivity index (χ0) is 26.7. The predicted molar refractivity (Wildman–Crippen MR) is 136 cm³/mol. The zero-order valence-electron chi connectivity index (χ0n) is 20.4. The fraction of sp³-hybridized carbons (Fsp3) is 0.500. The number of guanidine groups is 1. The van der Waals surface area contributed by atoms with Gasteiger partial charge in [0, 0.05) is 19.5 Å². The maximum atomic E-state index is 13.7. The van der Waals surface area contributed by atoms with Crippen LogP contribution in [0.2, 0.25) is 0 Å². The third kappa shape index (κ3) is 5.88. The Labute approximate surface area is 213 Å². The smallest absolute Gasteiger partial charge is 0.340 e. The number of nitrogens with two attached hydrogens (primary N) is 2. The number of Topliss-reactive ketones (excluding diaryl/α,β-unsaturated/α-hetero) is 1. The van der Waals surface area contributed by atoms with E-state index in [0.29, 0.717) is 29.1 Å². The number of aryl methyl sites for hydroxylation is 4. The van der Waals surface area contributed by atoms with E-state index in [0.717, 1.165) is 48.8 Å². The van der Waals surface area contributed by atoms with E-state index >= 15 is 0 Å². The molecule has 3 rings (SSSR count). The Hall–Kier alpha value is -2.94. The first-order valence-electron chi connectivity index (χ1n) is 11.4. The van der Waals surface area contributed by atoms with Crippen molar-refractivity contribution in [2.75, 3.05) is 19.6 Å². The quantitative estimate of drug-likeness (QED) is 0.147. The first-order chi connectivity index (χ1) is 16.9. The van der Waals surface area contributed by atoms with Gasteiger partial charge in [-0.2, -0.15) is 0 Å². The number of rotatable bonds is 11. The standard InChI is InChI=1S/C22H31N7O5S2/c1-12-10-13(2)17(14(3)11-12)36(33,34)18(22(23,24)20(31)32)16(30)19-29-28-15(35-19)6-4-5-7-25-21-26-8-9-27-21/h10-11,18H,4-9,23-24H2,1-3H3,(H,31,32)(H2,25,26,27). The molecule has 0 spiro atoms. The van der Waals surface area contributed by atoms with Crippen LogP contribution in [0.1, 0.15) is 44.3 Å². The highest BCUT2D eigenvalue weighted by molar-refractivity contribution is 7.93. The lowest BCUT2D eigenvalue weighted by Gasteiger charge is -2.29. The van der Waals surface area contributed by atoms with Crippen molar-refractivity contribution in [1.82, 2.24) is 20.8 Å². The number of carbonyl (C=O) groups is 2. The van der Waals surface area contributed by atoms with Crippen LogP contribution >= 0.6 is 11.3 Å². The van der Waals surface area contributed by atoms with Crippen molar-refractivity contribution < 1.29 is 23.1 Å². The predicted octanol–water partition coefficient (Wildman–Crippen LogP) is 0.0584. The van der Waals surface area contributed by atoms with Crippen LogP contribution in [0.5, 0.6) is 0 Å². The molecule has 7 N–H and O–H groups in total. The number of carboxylic acid groups (broad SMARTS) is 1. The van der Waals surface area contributed by atoms with Crippen LogP contribution in [0.25, 0.3) is 0 Å². The number of benzene rings is 1. The Balaban J connectivity index is 1.82. The maximum Gasteiger partial charge on any atom is 0.340 e. The van der Waals surface area contributed by atoms with Crippen LogP contribution in [0.3, 0.4) is 0 Å². The molecule has 0 bridgehead atoms. The van der Waals surface area contributed by atoms with E-state index in [1.165, 1.54) is 0 Å². The molecule has 1 unspecified atom stereocenters. The number of aliphatic carboxylic acids is 1. The molecule has 1 aromatic heterocycles. The molecule has 1 aliphatic rings. The fourth-order valence-corrected chi connectivity index (χ4v) is 7.34. The molecular formula is C22H31N7O5S2. The average Bonchev–Trinajstić information content (AvgIpc) is 3.44. The number of carbonyl (C=O) groups excluding carboxylic acids is 1. The Kier molecular flexibility index (Phi) is 8.44. The van der Waals surface area contributed by atoms with E-state index in [1.54, 1.807) is 32.9 Å². The summed E-state index contributed by atoms with van der Waals surface area (Å²) in [5.74, 6) is -2.15. The summed E-state index contributed by atoms with van der Waals surface area (Å²) in [6, 6.07) is 3.26. The monoisotopic (exact) mass is 537 g/mol. The highest BCUT2D eigenvalue weighted by atomic mass is 32.2. The number of sulfone groups is 1. The topological polar surface area (TPSA) is 203 Å². The molecule has 196 valence electrons. The van der Waals surface area contributed by atoms with Crippen LogP contribution in [0.4, 0.5) is 0 Å². The summed E-state index contributed by atoms with van der Waals surface area (Å²) in [6.07, 6.45) is 2.05. The molecule has 2 aromatic rings. The van der Waals surface area contributed by atoms with Gasteiger partial charge in [0.25, 0.3) is 0 Å². The summed E-state index contributed by atoms with van der Waals surface area (Å²) >= 11 is 0.906. The second kappa shape index (κ2) is 11.0. The molecule has 14 heteroatoms. The van der Waals surface area contributed by atoms with Gasteiger partial charge in [-0.15, -0.1) is 10.2 Å². The number of aromatic nitrogens is 2. The second-order valence-corrected chi connectivity index (χ2v) is 11.8. The molecule has 0 aliphatic carbocycles. The van der Waals surface area contributed by atoms with Crippen molar-refractivity contribution in [2.24, 2.45) is 16.5 Å². The van der Waals surface area contributed by atoms with Crippen LogP contribution in [0.15, 0.2) is 22.0 Å². The molecule has 0 saturated carbocycles. The van der Waals surface area contributed by atoms with Crippen molar-refractivity contribution >= 4 is 38.9 Å². The third-order valence-electron chi connectivity index (χ3n) is 5.70. The van der Waals surface area contributed by atoms with E-state index < -0.39 is 32.5 Å². The summed E-state index contributed by atoms with van der Waals surface area (Å²) in [5, 5.41) is 21.7. The van der Waals surface area contributed by atoms with Crippen molar-refractivity contribution in [3.05, 3.63) is 38.8 Å². The molecule has 0 amide bonds. The van der Waals surface area contributed by atoms with Gasteiger partial charge in [0.2, 0.25) is 5.78 Å². The summed E-state index contributed by atoms with van der Waals surface area (Å²) in [7, 11) is -4.62. The van der Waals surface area contributed by atoms with Gasteiger partial charge in [-0.1, -0.05) is 29.0 Å². The molecule has 1 atom stereocenters. The normalized spacial score (nSPS) is 14.8. The minimum Gasteiger partial charge on any atom is -0.479 e. The number of ketones is 1. The molecule has 0 radical (unpaired) electrons. The first-order valence-corrected chi connectivity index (χ1v) is 13.7. The Morgan fingerprint density at radius 2 is 1.86 bits per heavy atom. The lowest BCUT2D eigenvalue weighted by Crippen LogP contribution is -2.69. The summed E-state index contributed by atoms with van der Waals surface area (Å²) in [4.78, 5) is 29.4. The Bertz CT molecular complexity index is 1260. The van der Waals surface area contributed by atoms with Crippen LogP contribution in [0, 0.1) is 20.8 Å². The molecule has 1 aromatic carbocycles. The fourth-order valence-electron chi connectivity index (χ4n) is 4.15. The lowest BCUT2D eigenvalue weighted by molar-refractivity contribution is -0.142. The summed E-state index contributed by atoms with van der Waals surface area (Å²) in [5.41, 5.74) is 10.2. The number of nitrogens with zero attached hydrogens (tertiary/aromatic N) is 3. The van der Waals surface area contributed by atoms with Gasteiger partial charge in [-0.25, -0.2) is 13.2 Å². The van der Waals surface area contributed by atoms with Gasteiger partial charge in [-0.05, 0) is 44.7 Å². The minimum atomic E-state index is -4.62. The second-order valence-electron chi connectivity index (χ2n) is 8.80. The highest BCUT2D eigenvalue weighted by Gasteiger charge is 2.53. The van der Waals surface area contributed by atoms with Crippen LogP contribution in [-0.2, 0) is 21.1 Å². The van der Waals surface area contributed by atoms with E-state index in [-0.39, 0.29) is 9.90 Å². The van der Waals surface area contributed by atoms with Crippen LogP contribution < -0.4 is 22.1 Å². The first kappa shape index (κ1) is 27.6. The average molecular weight is 538 g/mol. The van der Waals surface area contributed by atoms with Gasteiger partial charge in [0.05, 0.1) is 11.4 Å². The molecule has 36 heavy (non-hydrogen) atoms. The van der Waals surface area contributed by atoms with E-state index in [1.807, 2.05) is 0 Å². The summed E-state index contributed by atoms with van der Waals surface area (Å²) < 4.78 is 27.4. The van der Waals surface area contributed by atoms with E-state index in [2.05, 4.69) is 25.8 Å². The van der Waals surface area contributed by atoms with Gasteiger partial charge in [0.1, 0.15) is 5.01 Å². The van der Waals surface area contributed by atoms with Crippen molar-refractivity contribution in [2.45, 2.75) is 55.8 Å². The van der Waals surface area contributed by atoms with Gasteiger partial charge in [-0.3, -0.25) is 9.79 Å².